The molecule has 1 aromatic rings. The van der Waals surface area contributed by atoms with Gasteiger partial charge in [0.2, 0.25) is 0 Å². The van der Waals surface area contributed by atoms with Gasteiger partial charge >= 0.3 is 0 Å². The highest BCUT2D eigenvalue weighted by atomic mass is 28.4. The summed E-state index contributed by atoms with van der Waals surface area (Å²) in [5.74, 6) is 1.50. The predicted octanol–water partition coefficient (Wildman–Crippen LogP) is 7.72. The van der Waals surface area contributed by atoms with Crippen LogP contribution in [0.25, 0.3) is 0 Å². The molecule has 3 aliphatic rings. The lowest BCUT2D eigenvalue weighted by atomic mass is 9.88. The average Bonchev–Trinajstić information content (AvgIpc) is 3.26. The third-order valence-corrected chi connectivity index (χ3v) is 13.8. The number of aryl methyl sites for hydroxylation is 1. The molecule has 0 radical (unpaired) electrons. The Morgan fingerprint density at radius 2 is 1.74 bits per heavy atom. The summed E-state index contributed by atoms with van der Waals surface area (Å²) in [5, 5.41) is 0.0535. The largest absolute Gasteiger partial charge is 0.493 e. The van der Waals surface area contributed by atoms with Gasteiger partial charge in [0.1, 0.15) is 17.8 Å². The fourth-order valence-corrected chi connectivity index (χ4v) is 7.39. The third-order valence-electron chi connectivity index (χ3n) is 9.34. The third kappa shape index (κ3) is 9.15. The van der Waals surface area contributed by atoms with Crippen molar-refractivity contribution in [3.63, 3.8) is 0 Å². The summed E-state index contributed by atoms with van der Waals surface area (Å²) < 4.78 is 38.6. The molecule has 7 nitrogen and oxygen atoms in total. The molecule has 1 aromatic carbocycles. The Kier molecular flexibility index (Phi) is 12.1. The molecule has 2 saturated heterocycles. The van der Waals surface area contributed by atoms with Gasteiger partial charge in [0.05, 0.1) is 25.4 Å². The van der Waals surface area contributed by atoms with Crippen LogP contribution in [0, 0.1) is 18.8 Å². The second kappa shape index (κ2) is 15.3. The van der Waals surface area contributed by atoms with Crippen LogP contribution >= 0.6 is 0 Å². The van der Waals surface area contributed by atoms with Gasteiger partial charge in [0.25, 0.3) is 0 Å². The Morgan fingerprint density at radius 3 is 2.36 bits per heavy atom. The van der Waals surface area contributed by atoms with Crippen LogP contribution in [0.4, 0.5) is 0 Å². The Hall–Kier alpha value is -1.71. The van der Waals surface area contributed by atoms with E-state index in [0.717, 1.165) is 62.9 Å². The zero-order chi connectivity index (χ0) is 30.2. The van der Waals surface area contributed by atoms with Gasteiger partial charge in [0, 0.05) is 37.7 Å². The second-order valence-corrected chi connectivity index (χ2v) is 18.4. The van der Waals surface area contributed by atoms with E-state index in [4.69, 9.17) is 28.1 Å². The van der Waals surface area contributed by atoms with Crippen molar-refractivity contribution in [2.45, 2.75) is 128 Å². The number of hydrogen-bond acceptors (Lipinski definition) is 7. The minimum atomic E-state index is -2.11. The van der Waals surface area contributed by atoms with Crippen LogP contribution in [0.15, 0.2) is 36.1 Å². The lowest BCUT2D eigenvalue weighted by Crippen LogP contribution is -2.45. The molecule has 42 heavy (non-hydrogen) atoms. The van der Waals surface area contributed by atoms with Gasteiger partial charge in [-0.15, -0.1) is 0 Å². The Labute approximate surface area is 254 Å². The molecule has 4 rings (SSSR count). The van der Waals surface area contributed by atoms with E-state index in [1.807, 2.05) is 18.2 Å². The maximum atomic E-state index is 12.2. The van der Waals surface area contributed by atoms with Crippen LogP contribution < -0.4 is 4.74 Å². The molecule has 2 aliphatic heterocycles. The predicted molar refractivity (Wildman–Crippen MR) is 167 cm³/mol. The van der Waals surface area contributed by atoms with Crippen molar-refractivity contribution < 1.29 is 32.9 Å². The van der Waals surface area contributed by atoms with E-state index in [1.165, 1.54) is 5.56 Å². The highest BCUT2D eigenvalue weighted by Gasteiger charge is 2.51. The number of benzene rings is 1. The fraction of sp³-hybridized carbons (Fsp3) is 0.735. The van der Waals surface area contributed by atoms with Crippen LogP contribution in [0.5, 0.6) is 5.75 Å². The van der Waals surface area contributed by atoms with E-state index in [2.05, 4.69) is 52.9 Å². The zero-order valence-electron chi connectivity index (χ0n) is 26.8. The molecule has 3 fully saturated rings. The smallest absolute Gasteiger partial charge is 0.199 e. The molecule has 0 N–H and O–H groups in total. The number of ether oxygens (including phenoxy) is 5. The van der Waals surface area contributed by atoms with Crippen LogP contribution in [0.2, 0.25) is 18.1 Å². The van der Waals surface area contributed by atoms with Crippen LogP contribution in [0.3, 0.4) is 0 Å². The minimum Gasteiger partial charge on any atom is -0.493 e. The summed E-state index contributed by atoms with van der Waals surface area (Å²) in [5.41, 5.74) is 1.17. The molecule has 236 valence electrons. The molecule has 6 atom stereocenters. The van der Waals surface area contributed by atoms with Crippen molar-refractivity contribution in [3.05, 3.63) is 41.7 Å². The van der Waals surface area contributed by atoms with E-state index >= 15 is 0 Å². The molecular weight excluding hydrogens is 548 g/mol. The summed E-state index contributed by atoms with van der Waals surface area (Å²) in [6.45, 7) is 15.3. The maximum Gasteiger partial charge on any atom is 0.199 e. The summed E-state index contributed by atoms with van der Waals surface area (Å²) >= 11 is 0. The van der Waals surface area contributed by atoms with Crippen molar-refractivity contribution in [2.75, 3.05) is 19.8 Å². The maximum absolute atomic E-state index is 12.2. The first kappa shape index (κ1) is 33.2. The Bertz CT molecular complexity index is 1010. The summed E-state index contributed by atoms with van der Waals surface area (Å²) in [6, 6.07) is 8.10. The van der Waals surface area contributed by atoms with Gasteiger partial charge in [-0.3, -0.25) is 0 Å². The summed E-state index contributed by atoms with van der Waals surface area (Å²) in [6.07, 6.45) is 10.1. The molecule has 0 spiro atoms. The zero-order valence-corrected chi connectivity index (χ0v) is 27.8. The van der Waals surface area contributed by atoms with Gasteiger partial charge in [-0.2, -0.15) is 0 Å². The van der Waals surface area contributed by atoms with Crippen LogP contribution in [0.1, 0.15) is 84.1 Å². The molecule has 2 heterocycles. The SMILES string of the molecule is Cc1cccc(OCC/C=C(/OC2CCCCO2)[C@@H]2[C@H](CC=O)[C@H](O[Si](C)(C)C(C)(C)C)C[C@@H]2OC2CCCCO2)c1. The quantitative estimate of drug-likeness (QED) is 0.0991. The van der Waals surface area contributed by atoms with Crippen molar-refractivity contribution in [2.24, 2.45) is 11.8 Å². The van der Waals surface area contributed by atoms with Gasteiger partial charge in [-0.05, 0) is 87.4 Å². The van der Waals surface area contributed by atoms with Gasteiger partial charge < -0.3 is 32.9 Å². The number of aldehydes is 1. The van der Waals surface area contributed by atoms with E-state index in [1.54, 1.807) is 0 Å². The van der Waals surface area contributed by atoms with Gasteiger partial charge in [0.15, 0.2) is 20.9 Å². The number of rotatable bonds is 13. The van der Waals surface area contributed by atoms with Crippen LogP contribution in [-0.2, 0) is 28.2 Å². The topological polar surface area (TPSA) is 72.5 Å². The normalized spacial score (nSPS) is 29.3. The van der Waals surface area contributed by atoms with Crippen molar-refractivity contribution in [3.8, 4) is 5.75 Å². The van der Waals surface area contributed by atoms with Gasteiger partial charge in [-0.1, -0.05) is 32.9 Å². The number of hydrogen-bond donors (Lipinski definition) is 0. The molecule has 1 saturated carbocycles. The Balaban J connectivity index is 1.61. The van der Waals surface area contributed by atoms with Gasteiger partial charge in [-0.25, -0.2) is 0 Å². The molecule has 1 aliphatic carbocycles. The highest BCUT2D eigenvalue weighted by Crippen LogP contribution is 2.47. The first-order valence-electron chi connectivity index (χ1n) is 16.1. The highest BCUT2D eigenvalue weighted by molar-refractivity contribution is 6.74. The molecular formula is C34H54O7Si. The van der Waals surface area contributed by atoms with E-state index in [0.29, 0.717) is 32.5 Å². The fourth-order valence-electron chi connectivity index (χ4n) is 6.01. The van der Waals surface area contributed by atoms with Crippen molar-refractivity contribution in [1.29, 1.82) is 0 Å². The summed E-state index contributed by atoms with van der Waals surface area (Å²) in [7, 11) is -2.11. The molecule has 0 amide bonds. The molecule has 2 unspecified atom stereocenters. The Morgan fingerprint density at radius 1 is 1.02 bits per heavy atom. The molecule has 0 bridgehead atoms. The van der Waals surface area contributed by atoms with E-state index in [-0.39, 0.29) is 41.7 Å². The van der Waals surface area contributed by atoms with E-state index in [9.17, 15) is 4.79 Å². The molecule has 0 aromatic heterocycles. The van der Waals surface area contributed by atoms with Crippen molar-refractivity contribution >= 4 is 14.6 Å². The minimum absolute atomic E-state index is 0.0535. The number of carbonyl (C=O) groups is 1. The first-order valence-corrected chi connectivity index (χ1v) is 19.0. The van der Waals surface area contributed by atoms with Crippen LogP contribution in [-0.4, -0.2) is 59.2 Å². The average molecular weight is 603 g/mol. The summed E-state index contributed by atoms with van der Waals surface area (Å²) in [4.78, 5) is 12.2. The van der Waals surface area contributed by atoms with E-state index < -0.39 is 8.32 Å². The number of carbonyl (C=O) groups excluding carboxylic acids is 1. The second-order valence-electron chi connectivity index (χ2n) is 13.7. The lowest BCUT2D eigenvalue weighted by molar-refractivity contribution is -0.201. The molecule has 8 heteroatoms. The standard InChI is InChI=1S/C34H54O7Si/c1-25-13-11-14-26(23-25)36-22-12-15-28(39-31-16-7-9-20-37-31)33-27(18-19-35)29(41-42(5,6)34(2,3)4)24-30(33)40-32-17-8-10-21-38-32/h11,13-15,19,23,27,29-33H,7-10,12,16-18,20-22,24H2,1-6H3/b28-15+/t27-,29-,30+,31?,32?,33+/m1/s1. The lowest BCUT2D eigenvalue weighted by Gasteiger charge is -2.40. The van der Waals surface area contributed by atoms with Crippen molar-refractivity contribution in [1.82, 2.24) is 0 Å². The first-order chi connectivity index (χ1) is 20.1. The monoisotopic (exact) mass is 602 g/mol.